The molecule has 0 aliphatic carbocycles. The number of benzene rings is 1. The first-order valence-electron chi connectivity index (χ1n) is 19.2. The molecule has 0 aliphatic rings. The van der Waals surface area contributed by atoms with Gasteiger partial charge in [-0.25, -0.2) is 4.79 Å². The van der Waals surface area contributed by atoms with Crippen molar-refractivity contribution in [3.05, 3.63) is 94.7 Å². The molecular formula is C42H71N3O6. The Labute approximate surface area is 310 Å². The molecule has 51 heavy (non-hydrogen) atoms. The summed E-state index contributed by atoms with van der Waals surface area (Å²) in [4.78, 5) is 39.0. The molecule has 0 heterocycles. The number of amides is 1. The minimum absolute atomic E-state index is 0.0483. The monoisotopic (exact) mass is 714 g/mol. The first-order valence-corrected chi connectivity index (χ1v) is 19.2. The zero-order valence-electron chi connectivity index (χ0n) is 32.8. The smallest absolute Gasteiger partial charge is 0.328 e. The molecular weight excluding hydrogens is 642 g/mol. The second kappa shape index (κ2) is 37.4. The zero-order chi connectivity index (χ0) is 38.4. The van der Waals surface area contributed by atoms with Crippen LogP contribution in [0.25, 0.3) is 0 Å². The molecule has 290 valence electrons. The number of ether oxygens (including phenoxy) is 1. The lowest BCUT2D eigenvalue weighted by Crippen LogP contribution is -2.42. The van der Waals surface area contributed by atoms with Crippen molar-refractivity contribution in [3.63, 3.8) is 0 Å². The van der Waals surface area contributed by atoms with Crippen molar-refractivity contribution in [2.24, 2.45) is 5.92 Å². The number of unbranched alkanes of at least 4 members (excludes halogenated alkanes) is 4. The summed E-state index contributed by atoms with van der Waals surface area (Å²) >= 11 is 0. The average Bonchev–Trinajstić information content (AvgIpc) is 3.12. The number of carbonyl (C=O) groups excluding carboxylic acids is 2. The van der Waals surface area contributed by atoms with Crippen molar-refractivity contribution in [1.82, 2.24) is 10.6 Å². The summed E-state index contributed by atoms with van der Waals surface area (Å²) in [5, 5.41) is 14.9. The molecule has 0 bridgehead atoms. The van der Waals surface area contributed by atoms with Crippen LogP contribution >= 0.6 is 0 Å². The van der Waals surface area contributed by atoms with Gasteiger partial charge in [-0.15, -0.1) is 16.7 Å². The molecule has 1 aromatic carbocycles. The molecule has 9 heteroatoms. The van der Waals surface area contributed by atoms with Crippen LogP contribution in [0.1, 0.15) is 136 Å². The molecule has 1 atom stereocenters. The van der Waals surface area contributed by atoms with E-state index in [-0.39, 0.29) is 25.5 Å². The highest BCUT2D eigenvalue weighted by molar-refractivity contribution is 5.84. The summed E-state index contributed by atoms with van der Waals surface area (Å²) in [5.74, 6) is 0.255. The van der Waals surface area contributed by atoms with Gasteiger partial charge in [-0.2, -0.15) is 0 Å². The molecule has 0 spiro atoms. The van der Waals surface area contributed by atoms with E-state index in [1.54, 1.807) is 13.2 Å². The van der Waals surface area contributed by atoms with E-state index < -0.39 is 17.1 Å². The molecule has 0 aliphatic heterocycles. The maximum atomic E-state index is 12.5. The molecule has 1 rings (SSSR count). The number of allylic oxidation sites excluding steroid dienone is 5. The van der Waals surface area contributed by atoms with E-state index in [2.05, 4.69) is 73.2 Å². The van der Waals surface area contributed by atoms with Gasteiger partial charge in [0.25, 0.3) is 5.09 Å². The molecule has 1 aromatic rings. The van der Waals surface area contributed by atoms with Crippen LogP contribution in [0.15, 0.2) is 79.1 Å². The van der Waals surface area contributed by atoms with Gasteiger partial charge in [0.15, 0.2) is 0 Å². The minimum atomic E-state index is -0.856. The Kier molecular flexibility index (Phi) is 36.1. The second-order valence-corrected chi connectivity index (χ2v) is 12.5. The van der Waals surface area contributed by atoms with Crippen molar-refractivity contribution in [1.29, 1.82) is 0 Å². The number of esters is 1. The van der Waals surface area contributed by atoms with Gasteiger partial charge in [0.2, 0.25) is 5.91 Å². The Bertz CT molecular complexity index is 1080. The van der Waals surface area contributed by atoms with E-state index in [1.807, 2.05) is 44.2 Å². The van der Waals surface area contributed by atoms with E-state index in [0.29, 0.717) is 25.7 Å². The van der Waals surface area contributed by atoms with Crippen LogP contribution in [-0.2, 0) is 25.6 Å². The van der Waals surface area contributed by atoms with Crippen LogP contribution in [0.2, 0.25) is 0 Å². The molecule has 0 saturated heterocycles. The average molecular weight is 714 g/mol. The fourth-order valence-electron chi connectivity index (χ4n) is 5.27. The third kappa shape index (κ3) is 33.0. The Morgan fingerprint density at radius 2 is 1.59 bits per heavy atom. The highest BCUT2D eigenvalue weighted by Crippen LogP contribution is 2.21. The topological polar surface area (TPSA) is 120 Å². The van der Waals surface area contributed by atoms with Crippen LogP contribution in [-0.4, -0.2) is 43.3 Å². The lowest BCUT2D eigenvalue weighted by Gasteiger charge is -2.18. The number of aryl methyl sites for hydroxylation is 1. The van der Waals surface area contributed by atoms with Gasteiger partial charge in [-0.1, -0.05) is 126 Å². The van der Waals surface area contributed by atoms with Crippen LogP contribution in [0.5, 0.6) is 0 Å². The quantitative estimate of drug-likeness (QED) is 0.0232. The van der Waals surface area contributed by atoms with E-state index >= 15 is 0 Å². The number of hydrogen-bond acceptors (Lipinski definition) is 7. The van der Waals surface area contributed by atoms with Crippen molar-refractivity contribution in [3.8, 4) is 0 Å². The Hall–Kier alpha value is -3.88. The van der Waals surface area contributed by atoms with E-state index in [0.717, 1.165) is 24.3 Å². The van der Waals surface area contributed by atoms with Gasteiger partial charge in [0.05, 0.1) is 13.2 Å². The fourth-order valence-corrected chi connectivity index (χ4v) is 5.27. The maximum absolute atomic E-state index is 12.5. The number of hydrogen-bond donors (Lipinski definition) is 2. The molecule has 1 unspecified atom stereocenters. The number of carbonyl (C=O) groups is 2. The summed E-state index contributed by atoms with van der Waals surface area (Å²) in [5.41, 5.74) is 2.33. The normalized spacial score (nSPS) is 11.6. The minimum Gasteiger partial charge on any atom is -0.464 e. The third-order valence-electron chi connectivity index (χ3n) is 7.86. The van der Waals surface area contributed by atoms with Crippen molar-refractivity contribution in [2.75, 3.05) is 20.3 Å². The van der Waals surface area contributed by atoms with Crippen molar-refractivity contribution < 1.29 is 24.3 Å². The van der Waals surface area contributed by atoms with Crippen LogP contribution in [0, 0.1) is 16.0 Å². The molecule has 0 aromatic heterocycles. The zero-order valence-corrected chi connectivity index (χ0v) is 32.8. The molecule has 0 saturated carbocycles. The third-order valence-corrected chi connectivity index (χ3v) is 7.86. The summed E-state index contributed by atoms with van der Waals surface area (Å²) in [7, 11) is 1.75. The summed E-state index contributed by atoms with van der Waals surface area (Å²) < 4.78 is 5.25. The number of nitrogens with one attached hydrogen (secondary N) is 2. The lowest BCUT2D eigenvalue weighted by molar-refractivity contribution is -0.757. The van der Waals surface area contributed by atoms with Gasteiger partial charge >= 0.3 is 5.97 Å². The highest BCUT2D eigenvalue weighted by atomic mass is 16.9. The van der Waals surface area contributed by atoms with Crippen molar-refractivity contribution in [2.45, 2.75) is 143 Å². The standard InChI is InChI=1S/C20H33N3O6.C18H30.C4H8/c1-4-6-7-8-12-19(24)22-18(15-17(11-5-2)16-21-3)20(25)28-13-9-10-14-29-23(26)27;1-3-11-17(12-4-2)13-7-5-8-14-18-15-9-6-10-16-18;1-3-4-2/h4-6,11,16,18,21H,7-10,12-15H2,1-3H3,(H,22,24);6,9-10,15-17H,3-5,7-8,11-14H2,1-2H3;3H,1,4H2,2H3/b6-4-,11-5+,17-16+;;. The van der Waals surface area contributed by atoms with Gasteiger partial charge in [0.1, 0.15) is 6.04 Å². The van der Waals surface area contributed by atoms with E-state index in [4.69, 9.17) is 4.74 Å². The Morgan fingerprint density at radius 1 is 0.922 bits per heavy atom. The fraction of sp³-hybridized carbons (Fsp3) is 0.619. The Morgan fingerprint density at radius 3 is 2.16 bits per heavy atom. The molecule has 9 nitrogen and oxygen atoms in total. The number of nitrogens with zero attached hydrogens (tertiary/aromatic N) is 1. The van der Waals surface area contributed by atoms with Crippen molar-refractivity contribution >= 4 is 11.9 Å². The number of rotatable bonds is 27. The van der Waals surface area contributed by atoms with Crippen LogP contribution in [0.3, 0.4) is 0 Å². The summed E-state index contributed by atoms with van der Waals surface area (Å²) in [6, 6.07) is 10.1. The predicted molar refractivity (Wildman–Crippen MR) is 213 cm³/mol. The van der Waals surface area contributed by atoms with Crippen LogP contribution in [0.4, 0.5) is 0 Å². The Balaban J connectivity index is 0. The summed E-state index contributed by atoms with van der Waals surface area (Å²) in [6.07, 6.45) is 27.7. The molecule has 2 N–H and O–H groups in total. The highest BCUT2D eigenvalue weighted by Gasteiger charge is 2.23. The van der Waals surface area contributed by atoms with E-state index in [1.165, 1.54) is 63.4 Å². The lowest BCUT2D eigenvalue weighted by atomic mass is 9.92. The second-order valence-electron chi connectivity index (χ2n) is 12.5. The largest absolute Gasteiger partial charge is 0.464 e. The first kappa shape index (κ1) is 49.2. The van der Waals surface area contributed by atoms with E-state index in [9.17, 15) is 19.7 Å². The predicted octanol–water partition coefficient (Wildman–Crippen LogP) is 10.4. The molecule has 0 fully saturated rings. The summed E-state index contributed by atoms with van der Waals surface area (Å²) in [6.45, 7) is 14.0. The SMILES string of the molecule is C/C=C\CCCC(=O)NC(CC(=C/NC)/C=C/C)C(=O)OCCCCO[N+](=O)[O-].C=CCC.CCCC(CCC)CCCCCc1ccccc1. The molecule has 0 radical (unpaired) electrons. The maximum Gasteiger partial charge on any atom is 0.328 e. The molecule has 1 amide bonds. The first-order chi connectivity index (χ1) is 24.7. The van der Waals surface area contributed by atoms with Gasteiger partial charge < -0.3 is 20.2 Å². The van der Waals surface area contributed by atoms with Gasteiger partial charge in [-0.05, 0) is 82.0 Å². The van der Waals surface area contributed by atoms with Crippen LogP contribution < -0.4 is 10.6 Å². The van der Waals surface area contributed by atoms with Gasteiger partial charge in [-0.3, -0.25) is 4.79 Å². The van der Waals surface area contributed by atoms with Gasteiger partial charge in [0, 0.05) is 19.9 Å².